The second kappa shape index (κ2) is 11.5. The number of ether oxygens (including phenoxy) is 3. The molecule has 3 N–H and O–H groups in total. The normalized spacial score (nSPS) is 13.2. The van der Waals surface area contributed by atoms with E-state index in [1.807, 2.05) is 27.7 Å². The number of rotatable bonds is 13. The molecule has 1 rings (SSSR count). The van der Waals surface area contributed by atoms with Crippen molar-refractivity contribution in [3.63, 3.8) is 0 Å². The largest absolute Gasteiger partial charge is 0.494 e. The Morgan fingerprint density at radius 1 is 1.24 bits per heavy atom. The van der Waals surface area contributed by atoms with Crippen molar-refractivity contribution >= 4 is 5.97 Å². The summed E-state index contributed by atoms with van der Waals surface area (Å²) in [5, 5.41) is 3.34. The lowest BCUT2D eigenvalue weighted by Gasteiger charge is -2.29. The zero-order chi connectivity index (χ0) is 22.1. The Bertz CT molecular complexity index is 644. The van der Waals surface area contributed by atoms with Crippen molar-refractivity contribution in [2.24, 2.45) is 5.73 Å². The maximum absolute atomic E-state index is 14.1. The van der Waals surface area contributed by atoms with Crippen molar-refractivity contribution in [2.45, 2.75) is 71.1 Å². The Labute approximate surface area is 174 Å². The summed E-state index contributed by atoms with van der Waals surface area (Å²) in [5.74, 6) is -0.628. The van der Waals surface area contributed by atoms with Gasteiger partial charge in [0.2, 0.25) is 0 Å². The zero-order valence-electron chi connectivity index (χ0n) is 18.6. The van der Waals surface area contributed by atoms with Gasteiger partial charge in [-0.1, -0.05) is 6.07 Å². The lowest BCUT2D eigenvalue weighted by atomic mass is 10.0. The molecule has 0 spiro atoms. The number of halogens is 1. The van der Waals surface area contributed by atoms with Crippen molar-refractivity contribution < 1.29 is 23.4 Å². The molecule has 0 radical (unpaired) electrons. The average Bonchev–Trinajstić information content (AvgIpc) is 2.59. The lowest BCUT2D eigenvalue weighted by Crippen LogP contribution is -2.37. The van der Waals surface area contributed by atoms with E-state index in [9.17, 15) is 9.18 Å². The van der Waals surface area contributed by atoms with Crippen LogP contribution in [-0.4, -0.2) is 44.0 Å². The molecular formula is C22H37FN2O4. The van der Waals surface area contributed by atoms with Crippen LogP contribution in [0.2, 0.25) is 0 Å². The number of nitrogens with two attached hydrogens (primary N) is 1. The van der Waals surface area contributed by atoms with Gasteiger partial charge in [-0.3, -0.25) is 4.79 Å². The maximum atomic E-state index is 14.1. The number of carbonyl (C=O) groups is 1. The van der Waals surface area contributed by atoms with Gasteiger partial charge in [0.1, 0.15) is 0 Å². The fourth-order valence-electron chi connectivity index (χ4n) is 2.80. The summed E-state index contributed by atoms with van der Waals surface area (Å²) in [7, 11) is 1.42. The van der Waals surface area contributed by atoms with Crippen LogP contribution in [0.1, 0.15) is 65.5 Å². The molecule has 0 heterocycles. The molecular weight excluding hydrogens is 375 g/mol. The van der Waals surface area contributed by atoms with Crippen molar-refractivity contribution in [3.8, 4) is 5.75 Å². The smallest absolute Gasteiger partial charge is 0.307 e. The summed E-state index contributed by atoms with van der Waals surface area (Å²) in [5.41, 5.74) is 6.05. The van der Waals surface area contributed by atoms with Crippen LogP contribution in [0.5, 0.6) is 5.75 Å². The van der Waals surface area contributed by atoms with E-state index in [2.05, 4.69) is 5.32 Å². The predicted octanol–water partition coefficient (Wildman–Crippen LogP) is 3.73. The molecule has 0 amide bonds. The molecule has 29 heavy (non-hydrogen) atoms. The molecule has 1 aromatic rings. The third-order valence-electron chi connectivity index (χ3n) is 4.61. The Morgan fingerprint density at radius 3 is 2.48 bits per heavy atom. The second-order valence-corrected chi connectivity index (χ2v) is 8.51. The van der Waals surface area contributed by atoms with Crippen LogP contribution in [0, 0.1) is 5.82 Å². The third-order valence-corrected chi connectivity index (χ3v) is 4.61. The van der Waals surface area contributed by atoms with Gasteiger partial charge in [-0.15, -0.1) is 0 Å². The van der Waals surface area contributed by atoms with E-state index in [4.69, 9.17) is 19.9 Å². The van der Waals surface area contributed by atoms with Gasteiger partial charge in [0.15, 0.2) is 11.6 Å². The lowest BCUT2D eigenvalue weighted by molar-refractivity contribution is -0.143. The molecule has 0 bridgehead atoms. The molecule has 0 fully saturated rings. The summed E-state index contributed by atoms with van der Waals surface area (Å²) in [6.07, 6.45) is 1.60. The van der Waals surface area contributed by atoms with E-state index in [1.165, 1.54) is 13.2 Å². The topological polar surface area (TPSA) is 82.8 Å². The zero-order valence-corrected chi connectivity index (χ0v) is 18.6. The van der Waals surface area contributed by atoms with Crippen molar-refractivity contribution in [2.75, 3.05) is 26.9 Å². The van der Waals surface area contributed by atoms with E-state index in [0.29, 0.717) is 25.3 Å². The molecule has 1 aromatic carbocycles. The highest BCUT2D eigenvalue weighted by Crippen LogP contribution is 2.25. The van der Waals surface area contributed by atoms with E-state index >= 15 is 0 Å². The number of methoxy groups -OCH3 is 1. The molecule has 0 saturated carbocycles. The molecule has 0 aliphatic heterocycles. The summed E-state index contributed by atoms with van der Waals surface area (Å²) < 4.78 is 30.2. The molecule has 6 nitrogen and oxygen atoms in total. The van der Waals surface area contributed by atoms with Gasteiger partial charge < -0.3 is 25.3 Å². The summed E-state index contributed by atoms with van der Waals surface area (Å²) in [6, 6.07) is 4.34. The average molecular weight is 413 g/mol. The van der Waals surface area contributed by atoms with Crippen LogP contribution in [-0.2, 0) is 14.3 Å². The highest BCUT2D eigenvalue weighted by molar-refractivity contribution is 5.70. The Kier molecular flexibility index (Phi) is 10.0. The number of esters is 1. The number of hydrogen-bond donors (Lipinski definition) is 2. The Morgan fingerprint density at radius 2 is 1.93 bits per heavy atom. The quantitative estimate of drug-likeness (QED) is 0.481. The minimum absolute atomic E-state index is 0.113. The van der Waals surface area contributed by atoms with E-state index in [-0.39, 0.29) is 35.3 Å². The molecule has 0 aromatic heterocycles. The maximum Gasteiger partial charge on any atom is 0.307 e. The molecule has 7 heteroatoms. The van der Waals surface area contributed by atoms with Gasteiger partial charge >= 0.3 is 5.97 Å². The molecule has 0 unspecified atom stereocenters. The first-order valence-corrected chi connectivity index (χ1v) is 10.1. The van der Waals surface area contributed by atoms with Gasteiger partial charge in [-0.25, -0.2) is 4.39 Å². The van der Waals surface area contributed by atoms with Crippen LogP contribution in [0.3, 0.4) is 0 Å². The molecule has 0 aliphatic rings. The molecule has 166 valence electrons. The van der Waals surface area contributed by atoms with Crippen LogP contribution in [0.25, 0.3) is 0 Å². The van der Waals surface area contributed by atoms with Gasteiger partial charge in [0, 0.05) is 18.2 Å². The highest BCUT2D eigenvalue weighted by atomic mass is 19.1. The van der Waals surface area contributed by atoms with E-state index in [0.717, 1.165) is 12.8 Å². The van der Waals surface area contributed by atoms with Crippen molar-refractivity contribution in [1.29, 1.82) is 0 Å². The van der Waals surface area contributed by atoms with Crippen LogP contribution >= 0.6 is 0 Å². The number of hydrogen-bond acceptors (Lipinski definition) is 6. The minimum Gasteiger partial charge on any atom is -0.494 e. The first-order valence-electron chi connectivity index (χ1n) is 10.1. The van der Waals surface area contributed by atoms with Crippen molar-refractivity contribution in [3.05, 3.63) is 29.6 Å². The summed E-state index contributed by atoms with van der Waals surface area (Å²) >= 11 is 0. The van der Waals surface area contributed by atoms with Crippen LogP contribution in [0.4, 0.5) is 4.39 Å². The SMILES string of the molecule is CCOC(=O)C[C@H](NCCC(C)(C)OCCC(C)(C)N)c1ccc(OC)c(F)c1. The molecule has 1 atom stereocenters. The first kappa shape index (κ1) is 25.3. The fourth-order valence-corrected chi connectivity index (χ4v) is 2.80. The monoisotopic (exact) mass is 412 g/mol. The van der Waals surface area contributed by atoms with Gasteiger partial charge in [0.25, 0.3) is 0 Å². The standard InChI is InChI=1S/C22H37FN2O4/c1-7-28-20(26)15-18(16-8-9-19(27-6)17(23)14-16)25-12-10-22(4,5)29-13-11-21(2,3)24/h8-9,14,18,25H,7,10-13,15,24H2,1-6H3/t18-/m0/s1. The Balaban J connectivity index is 2.72. The van der Waals surface area contributed by atoms with Gasteiger partial charge in [0.05, 0.1) is 25.7 Å². The van der Waals surface area contributed by atoms with Crippen LogP contribution < -0.4 is 15.8 Å². The third kappa shape index (κ3) is 10.1. The second-order valence-electron chi connectivity index (χ2n) is 8.51. The fraction of sp³-hybridized carbons (Fsp3) is 0.682. The number of carbonyl (C=O) groups excluding carboxylic acids is 1. The summed E-state index contributed by atoms with van der Waals surface area (Å²) in [4.78, 5) is 12.0. The minimum atomic E-state index is -0.464. The first-order chi connectivity index (χ1) is 13.5. The van der Waals surface area contributed by atoms with Gasteiger partial charge in [-0.05, 0) is 71.7 Å². The van der Waals surface area contributed by atoms with E-state index < -0.39 is 5.82 Å². The number of nitrogens with one attached hydrogen (secondary N) is 1. The number of benzene rings is 1. The van der Waals surface area contributed by atoms with E-state index in [1.54, 1.807) is 19.1 Å². The molecule has 0 saturated heterocycles. The highest BCUT2D eigenvalue weighted by Gasteiger charge is 2.23. The Hall–Kier alpha value is -1.70. The molecule has 0 aliphatic carbocycles. The van der Waals surface area contributed by atoms with Crippen LogP contribution in [0.15, 0.2) is 18.2 Å². The van der Waals surface area contributed by atoms with Gasteiger partial charge in [-0.2, -0.15) is 0 Å². The van der Waals surface area contributed by atoms with Crippen molar-refractivity contribution in [1.82, 2.24) is 5.32 Å². The summed E-state index contributed by atoms with van der Waals surface area (Å²) in [6.45, 7) is 11.2. The predicted molar refractivity (Wildman–Crippen MR) is 112 cm³/mol.